The molecule has 0 atom stereocenters. The highest BCUT2D eigenvalue weighted by molar-refractivity contribution is 5.96. The maximum absolute atomic E-state index is 12.1. The van der Waals surface area contributed by atoms with Gasteiger partial charge in [0.1, 0.15) is 0 Å². The van der Waals surface area contributed by atoms with E-state index >= 15 is 0 Å². The molecule has 0 aliphatic heterocycles. The number of aromatic hydroxyl groups is 1. The second-order valence-corrected chi connectivity index (χ2v) is 5.42. The van der Waals surface area contributed by atoms with Crippen molar-refractivity contribution in [3.05, 3.63) is 56.2 Å². The Morgan fingerprint density at radius 2 is 1.88 bits per heavy atom. The fraction of sp³-hybridized carbons (Fsp3) is 0.353. The highest BCUT2D eigenvalue weighted by Crippen LogP contribution is 2.17. The van der Waals surface area contributed by atoms with Gasteiger partial charge in [-0.25, -0.2) is 9.36 Å². The van der Waals surface area contributed by atoms with Gasteiger partial charge < -0.3 is 10.4 Å². The molecule has 0 bridgehead atoms. The second-order valence-electron chi connectivity index (χ2n) is 5.42. The van der Waals surface area contributed by atoms with Crippen molar-refractivity contribution < 1.29 is 9.90 Å². The first-order valence-corrected chi connectivity index (χ1v) is 7.95. The molecule has 1 heterocycles. The molecule has 1 amide bonds. The summed E-state index contributed by atoms with van der Waals surface area (Å²) in [5.41, 5.74) is -0.744. The summed E-state index contributed by atoms with van der Waals surface area (Å²) in [6, 6.07) is 6.93. The highest BCUT2D eigenvalue weighted by atomic mass is 16.3. The van der Waals surface area contributed by atoms with Crippen LogP contribution in [0.15, 0.2) is 33.9 Å². The molecular formula is C17H21N3O4. The summed E-state index contributed by atoms with van der Waals surface area (Å²) in [5, 5.41) is 12.9. The molecule has 0 unspecified atom stereocenters. The minimum atomic E-state index is -0.909. The van der Waals surface area contributed by atoms with Crippen LogP contribution in [0, 0.1) is 0 Å². The van der Waals surface area contributed by atoms with E-state index in [4.69, 9.17) is 0 Å². The maximum atomic E-state index is 12.1. The van der Waals surface area contributed by atoms with Crippen LogP contribution in [-0.2, 0) is 6.42 Å². The Kier molecular flexibility index (Phi) is 5.57. The monoisotopic (exact) mass is 331 g/mol. The number of carbonyl (C=O) groups excluding carboxylic acids is 1. The van der Waals surface area contributed by atoms with Crippen LogP contribution < -0.4 is 16.6 Å². The predicted octanol–water partition coefficient (Wildman–Crippen LogP) is 1.32. The van der Waals surface area contributed by atoms with Gasteiger partial charge in [-0.15, -0.1) is 0 Å². The van der Waals surface area contributed by atoms with Crippen molar-refractivity contribution in [1.29, 1.82) is 0 Å². The van der Waals surface area contributed by atoms with Gasteiger partial charge in [0.15, 0.2) is 5.56 Å². The predicted molar refractivity (Wildman–Crippen MR) is 90.9 cm³/mol. The molecule has 128 valence electrons. The molecule has 7 heteroatoms. The van der Waals surface area contributed by atoms with Crippen LogP contribution in [0.1, 0.15) is 42.6 Å². The van der Waals surface area contributed by atoms with Gasteiger partial charge in [0.05, 0.1) is 5.69 Å². The van der Waals surface area contributed by atoms with Crippen molar-refractivity contribution in [1.82, 2.24) is 14.9 Å². The molecule has 0 fully saturated rings. The summed E-state index contributed by atoms with van der Waals surface area (Å²) in [4.78, 5) is 38.2. The SMILES string of the molecule is CCCCNC(=O)c1c(O)n(-c2ccc(CC)cc2)c(=O)[nH]c1=O. The van der Waals surface area contributed by atoms with Gasteiger partial charge in [0.25, 0.3) is 11.5 Å². The number of aromatic nitrogens is 2. The first kappa shape index (κ1) is 17.5. The Morgan fingerprint density at radius 1 is 1.21 bits per heavy atom. The van der Waals surface area contributed by atoms with Crippen molar-refractivity contribution in [2.45, 2.75) is 33.1 Å². The van der Waals surface area contributed by atoms with Gasteiger partial charge in [0.2, 0.25) is 5.88 Å². The lowest BCUT2D eigenvalue weighted by atomic mass is 10.1. The minimum Gasteiger partial charge on any atom is -0.493 e. The van der Waals surface area contributed by atoms with Crippen LogP contribution in [0.5, 0.6) is 5.88 Å². The van der Waals surface area contributed by atoms with E-state index in [9.17, 15) is 19.5 Å². The topological polar surface area (TPSA) is 104 Å². The molecule has 1 aromatic heterocycles. The van der Waals surface area contributed by atoms with Gasteiger partial charge in [-0.1, -0.05) is 32.4 Å². The largest absolute Gasteiger partial charge is 0.493 e. The number of aromatic amines is 1. The van der Waals surface area contributed by atoms with Gasteiger partial charge in [-0.05, 0) is 30.5 Å². The van der Waals surface area contributed by atoms with E-state index in [1.807, 2.05) is 26.0 Å². The van der Waals surface area contributed by atoms with E-state index < -0.39 is 28.6 Å². The molecule has 2 rings (SSSR count). The zero-order chi connectivity index (χ0) is 17.7. The summed E-state index contributed by atoms with van der Waals surface area (Å²) in [7, 11) is 0. The van der Waals surface area contributed by atoms with Crippen LogP contribution in [0.2, 0.25) is 0 Å². The summed E-state index contributed by atoms with van der Waals surface area (Å²) in [6.07, 6.45) is 2.46. The fourth-order valence-electron chi connectivity index (χ4n) is 2.32. The number of carbonyl (C=O) groups is 1. The van der Waals surface area contributed by atoms with Crippen LogP contribution >= 0.6 is 0 Å². The van der Waals surface area contributed by atoms with E-state index in [-0.39, 0.29) is 0 Å². The molecule has 1 aromatic carbocycles. The van der Waals surface area contributed by atoms with E-state index in [1.54, 1.807) is 12.1 Å². The summed E-state index contributed by atoms with van der Waals surface area (Å²) >= 11 is 0. The second kappa shape index (κ2) is 7.63. The summed E-state index contributed by atoms with van der Waals surface area (Å²) < 4.78 is 0.912. The molecule has 3 N–H and O–H groups in total. The molecule has 0 radical (unpaired) electrons. The highest BCUT2D eigenvalue weighted by Gasteiger charge is 2.21. The lowest BCUT2D eigenvalue weighted by Crippen LogP contribution is -2.37. The first-order chi connectivity index (χ1) is 11.5. The summed E-state index contributed by atoms with van der Waals surface area (Å²) in [6.45, 7) is 4.35. The normalized spacial score (nSPS) is 10.6. The van der Waals surface area contributed by atoms with Crippen molar-refractivity contribution in [3.8, 4) is 11.6 Å². The number of amides is 1. The van der Waals surface area contributed by atoms with Crippen LogP contribution in [-0.4, -0.2) is 27.1 Å². The van der Waals surface area contributed by atoms with E-state index in [0.717, 1.165) is 29.4 Å². The average molecular weight is 331 g/mol. The molecule has 0 spiro atoms. The van der Waals surface area contributed by atoms with E-state index in [2.05, 4.69) is 10.3 Å². The molecule has 0 aliphatic carbocycles. The third-order valence-electron chi connectivity index (χ3n) is 3.73. The molecular weight excluding hydrogens is 310 g/mol. The summed E-state index contributed by atoms with van der Waals surface area (Å²) in [5.74, 6) is -1.37. The number of hydrogen-bond acceptors (Lipinski definition) is 4. The fourth-order valence-corrected chi connectivity index (χ4v) is 2.32. The number of nitrogens with zero attached hydrogens (tertiary/aromatic N) is 1. The third-order valence-corrected chi connectivity index (χ3v) is 3.73. The van der Waals surface area contributed by atoms with Gasteiger partial charge in [0, 0.05) is 6.54 Å². The Labute approximate surface area is 139 Å². The number of aryl methyl sites for hydroxylation is 1. The van der Waals surface area contributed by atoms with Crippen LogP contribution in [0.3, 0.4) is 0 Å². The third kappa shape index (κ3) is 3.56. The molecule has 24 heavy (non-hydrogen) atoms. The van der Waals surface area contributed by atoms with Gasteiger partial charge in [-0.3, -0.25) is 14.6 Å². The zero-order valence-electron chi connectivity index (χ0n) is 13.8. The smallest absolute Gasteiger partial charge is 0.335 e. The Balaban J connectivity index is 2.49. The van der Waals surface area contributed by atoms with Gasteiger partial charge >= 0.3 is 5.69 Å². The van der Waals surface area contributed by atoms with Crippen LogP contribution in [0.25, 0.3) is 5.69 Å². The lowest BCUT2D eigenvalue weighted by Gasteiger charge is -2.12. The van der Waals surface area contributed by atoms with Crippen molar-refractivity contribution in [2.75, 3.05) is 6.54 Å². The molecule has 0 saturated heterocycles. The molecule has 7 nitrogen and oxygen atoms in total. The van der Waals surface area contributed by atoms with Crippen molar-refractivity contribution in [3.63, 3.8) is 0 Å². The standard InChI is InChI=1S/C17H21N3O4/c1-3-5-10-18-14(21)13-15(22)19-17(24)20(16(13)23)12-8-6-11(4-2)7-9-12/h6-9,23H,3-5,10H2,1-2H3,(H,18,21)(H,19,22,24). The van der Waals surface area contributed by atoms with Crippen molar-refractivity contribution in [2.24, 2.45) is 0 Å². The molecule has 0 aliphatic rings. The van der Waals surface area contributed by atoms with Crippen LogP contribution in [0.4, 0.5) is 0 Å². The first-order valence-electron chi connectivity index (χ1n) is 7.95. The van der Waals surface area contributed by atoms with Gasteiger partial charge in [-0.2, -0.15) is 0 Å². The number of unbranched alkanes of at least 4 members (excludes halogenated alkanes) is 1. The Hall–Kier alpha value is -2.83. The molecule has 2 aromatic rings. The number of hydrogen-bond donors (Lipinski definition) is 3. The maximum Gasteiger partial charge on any atom is 0.335 e. The number of H-pyrrole nitrogens is 1. The zero-order valence-corrected chi connectivity index (χ0v) is 13.8. The van der Waals surface area contributed by atoms with E-state index in [0.29, 0.717) is 12.2 Å². The molecule has 0 saturated carbocycles. The average Bonchev–Trinajstić information content (AvgIpc) is 2.55. The lowest BCUT2D eigenvalue weighted by molar-refractivity contribution is 0.0947. The Morgan fingerprint density at radius 3 is 2.46 bits per heavy atom. The minimum absolute atomic E-state index is 0.369. The van der Waals surface area contributed by atoms with Crippen molar-refractivity contribution >= 4 is 5.91 Å². The number of rotatable bonds is 6. The number of benzene rings is 1. The number of nitrogens with one attached hydrogen (secondary N) is 2. The Bertz CT molecular complexity index is 834. The quantitative estimate of drug-likeness (QED) is 0.694. The van der Waals surface area contributed by atoms with E-state index in [1.165, 1.54) is 0 Å².